The summed E-state index contributed by atoms with van der Waals surface area (Å²) in [6.07, 6.45) is 5.63. The molecule has 6 heteroatoms. The van der Waals surface area contributed by atoms with E-state index in [4.69, 9.17) is 0 Å². The van der Waals surface area contributed by atoms with Crippen LogP contribution >= 0.6 is 31.9 Å². The van der Waals surface area contributed by atoms with Crippen molar-refractivity contribution in [2.24, 2.45) is 5.10 Å². The van der Waals surface area contributed by atoms with Gasteiger partial charge in [-0.3, -0.25) is 4.79 Å². The molecule has 1 aromatic rings. The monoisotopic (exact) mass is 415 g/mol. The molecule has 0 spiro atoms. The van der Waals surface area contributed by atoms with Gasteiger partial charge in [0.1, 0.15) is 0 Å². The van der Waals surface area contributed by atoms with Gasteiger partial charge < -0.3 is 5.32 Å². The minimum atomic E-state index is -0.132. The van der Waals surface area contributed by atoms with Gasteiger partial charge in [-0.05, 0) is 82.2 Å². The first kappa shape index (κ1) is 16.5. The summed E-state index contributed by atoms with van der Waals surface area (Å²) in [7, 11) is 0. The highest BCUT2D eigenvalue weighted by molar-refractivity contribution is 9.11. The number of amides is 1. The second kappa shape index (κ2) is 7.94. The van der Waals surface area contributed by atoms with Crippen molar-refractivity contribution in [1.82, 2.24) is 5.43 Å². The van der Waals surface area contributed by atoms with Crippen molar-refractivity contribution in [2.45, 2.75) is 39.0 Å². The number of benzene rings is 1. The Balaban J connectivity index is 1.86. The van der Waals surface area contributed by atoms with Gasteiger partial charge in [-0.1, -0.05) is 6.42 Å². The van der Waals surface area contributed by atoms with Crippen LogP contribution in [-0.2, 0) is 4.79 Å². The molecule has 1 aliphatic rings. The number of carbonyl (C=O) groups excluding carboxylic acids is 1. The Morgan fingerprint density at radius 1 is 1.19 bits per heavy atom. The quantitative estimate of drug-likeness (QED) is 0.716. The standard InChI is InChI=1S/C15H19Br2N3O/c1-10-7-12(16)15(13(17)8-10)18-9-14(21)20-19-11-5-3-2-4-6-11/h7-8,18H,2-6,9H2,1H3,(H,20,21). The summed E-state index contributed by atoms with van der Waals surface area (Å²) in [5.74, 6) is -0.132. The number of hydrogen-bond acceptors (Lipinski definition) is 3. The fourth-order valence-electron chi connectivity index (χ4n) is 2.29. The number of aryl methyl sites for hydroxylation is 1. The van der Waals surface area contributed by atoms with Crippen molar-refractivity contribution in [2.75, 3.05) is 11.9 Å². The van der Waals surface area contributed by atoms with E-state index in [0.29, 0.717) is 0 Å². The van der Waals surface area contributed by atoms with Crippen molar-refractivity contribution >= 4 is 49.2 Å². The summed E-state index contributed by atoms with van der Waals surface area (Å²) in [5, 5.41) is 7.33. The summed E-state index contributed by atoms with van der Waals surface area (Å²) in [5.41, 5.74) is 5.75. The molecule has 0 atom stereocenters. The molecule has 4 nitrogen and oxygen atoms in total. The maximum atomic E-state index is 11.8. The van der Waals surface area contributed by atoms with Gasteiger partial charge in [0.15, 0.2) is 0 Å². The SMILES string of the molecule is Cc1cc(Br)c(NCC(=O)NN=C2CCCCC2)c(Br)c1. The second-order valence-corrected chi connectivity index (χ2v) is 6.94. The van der Waals surface area contributed by atoms with Crippen LogP contribution in [0.25, 0.3) is 0 Å². The molecule has 0 saturated heterocycles. The summed E-state index contributed by atoms with van der Waals surface area (Å²) >= 11 is 7.00. The molecule has 0 radical (unpaired) electrons. The summed E-state index contributed by atoms with van der Waals surface area (Å²) in [6, 6.07) is 4.01. The van der Waals surface area contributed by atoms with Gasteiger partial charge in [-0.2, -0.15) is 5.10 Å². The second-order valence-electron chi connectivity index (χ2n) is 5.23. The molecule has 114 valence electrons. The third-order valence-electron chi connectivity index (χ3n) is 3.38. The fraction of sp³-hybridized carbons (Fsp3) is 0.467. The van der Waals surface area contributed by atoms with Gasteiger partial charge >= 0.3 is 0 Å². The van der Waals surface area contributed by atoms with Crippen molar-refractivity contribution in [3.8, 4) is 0 Å². The van der Waals surface area contributed by atoms with Crippen LogP contribution in [0.3, 0.4) is 0 Å². The van der Waals surface area contributed by atoms with Gasteiger partial charge in [-0.25, -0.2) is 5.43 Å². The Hall–Kier alpha value is -0.880. The molecule has 21 heavy (non-hydrogen) atoms. The number of nitrogens with zero attached hydrogens (tertiary/aromatic N) is 1. The molecule has 1 amide bonds. The largest absolute Gasteiger partial charge is 0.374 e. The minimum absolute atomic E-state index is 0.132. The summed E-state index contributed by atoms with van der Waals surface area (Å²) < 4.78 is 1.86. The number of hydrazone groups is 1. The molecular formula is C15H19Br2N3O. The average Bonchev–Trinajstić information content (AvgIpc) is 2.45. The van der Waals surface area contributed by atoms with Gasteiger partial charge in [0.05, 0.1) is 12.2 Å². The summed E-state index contributed by atoms with van der Waals surface area (Å²) in [4.78, 5) is 11.8. The molecule has 0 aromatic heterocycles. The third-order valence-corrected chi connectivity index (χ3v) is 4.63. The highest BCUT2D eigenvalue weighted by Gasteiger charge is 2.09. The first-order chi connectivity index (χ1) is 10.1. The van der Waals surface area contributed by atoms with E-state index in [1.807, 2.05) is 19.1 Å². The van der Waals surface area contributed by atoms with E-state index in [-0.39, 0.29) is 12.5 Å². The third kappa shape index (κ3) is 5.11. The maximum absolute atomic E-state index is 11.8. The van der Waals surface area contributed by atoms with Crippen LogP contribution in [0.5, 0.6) is 0 Å². The molecule has 0 bridgehead atoms. The topological polar surface area (TPSA) is 53.5 Å². The first-order valence-corrected chi connectivity index (χ1v) is 8.68. The number of rotatable bonds is 4. The maximum Gasteiger partial charge on any atom is 0.259 e. The Labute approximate surface area is 142 Å². The molecular weight excluding hydrogens is 398 g/mol. The van der Waals surface area contributed by atoms with Crippen LogP contribution in [0.2, 0.25) is 0 Å². The fourth-order valence-corrected chi connectivity index (χ4v) is 3.99. The Morgan fingerprint density at radius 2 is 1.81 bits per heavy atom. The lowest BCUT2D eigenvalue weighted by Crippen LogP contribution is -2.27. The molecule has 0 aliphatic heterocycles. The van der Waals surface area contributed by atoms with E-state index in [1.165, 1.54) is 19.3 Å². The van der Waals surface area contributed by atoms with Crippen LogP contribution in [-0.4, -0.2) is 18.2 Å². The molecule has 0 unspecified atom stereocenters. The highest BCUT2D eigenvalue weighted by atomic mass is 79.9. The molecule has 2 N–H and O–H groups in total. The van der Waals surface area contributed by atoms with E-state index in [0.717, 1.165) is 38.7 Å². The van der Waals surface area contributed by atoms with Crippen molar-refractivity contribution < 1.29 is 4.79 Å². The van der Waals surface area contributed by atoms with Gasteiger partial charge in [-0.15, -0.1) is 0 Å². The Morgan fingerprint density at radius 3 is 2.43 bits per heavy atom. The Bertz CT molecular complexity index is 527. The zero-order chi connectivity index (χ0) is 15.2. The predicted molar refractivity (Wildman–Crippen MR) is 93.7 cm³/mol. The van der Waals surface area contributed by atoms with E-state index in [1.54, 1.807) is 0 Å². The molecule has 1 saturated carbocycles. The lowest BCUT2D eigenvalue weighted by molar-refractivity contribution is -0.119. The van der Waals surface area contributed by atoms with Crippen molar-refractivity contribution in [1.29, 1.82) is 0 Å². The molecule has 1 aromatic carbocycles. The van der Waals surface area contributed by atoms with Crippen LogP contribution < -0.4 is 10.7 Å². The van der Waals surface area contributed by atoms with Gasteiger partial charge in [0, 0.05) is 14.7 Å². The number of nitrogens with one attached hydrogen (secondary N) is 2. The first-order valence-electron chi connectivity index (χ1n) is 7.10. The molecule has 2 rings (SSSR count). The average molecular weight is 417 g/mol. The number of hydrogen-bond donors (Lipinski definition) is 2. The number of anilines is 1. The minimum Gasteiger partial charge on any atom is -0.374 e. The van der Waals surface area contributed by atoms with E-state index >= 15 is 0 Å². The van der Waals surface area contributed by atoms with Crippen LogP contribution in [0.1, 0.15) is 37.7 Å². The van der Waals surface area contributed by atoms with Crippen molar-refractivity contribution in [3.05, 3.63) is 26.6 Å². The number of carbonyl (C=O) groups is 1. The van der Waals surface area contributed by atoms with Gasteiger partial charge in [0.2, 0.25) is 0 Å². The molecule has 1 aliphatic carbocycles. The smallest absolute Gasteiger partial charge is 0.259 e. The van der Waals surface area contributed by atoms with Crippen molar-refractivity contribution in [3.63, 3.8) is 0 Å². The van der Waals surface area contributed by atoms with Crippen LogP contribution in [0.4, 0.5) is 5.69 Å². The predicted octanol–water partition coefficient (Wildman–Crippen LogP) is 4.37. The van der Waals surface area contributed by atoms with E-state index < -0.39 is 0 Å². The highest BCUT2D eigenvalue weighted by Crippen LogP contribution is 2.32. The molecule has 1 fully saturated rings. The summed E-state index contributed by atoms with van der Waals surface area (Å²) in [6.45, 7) is 2.21. The number of halogens is 2. The lowest BCUT2D eigenvalue weighted by Gasteiger charge is -2.13. The van der Waals surface area contributed by atoms with Crippen LogP contribution in [0, 0.1) is 6.92 Å². The Kier molecular flexibility index (Phi) is 6.23. The zero-order valence-electron chi connectivity index (χ0n) is 12.0. The van der Waals surface area contributed by atoms with E-state index in [9.17, 15) is 4.79 Å². The van der Waals surface area contributed by atoms with E-state index in [2.05, 4.69) is 47.7 Å². The zero-order valence-corrected chi connectivity index (χ0v) is 15.2. The van der Waals surface area contributed by atoms with Gasteiger partial charge in [0.25, 0.3) is 5.91 Å². The molecule has 0 heterocycles. The normalized spacial score (nSPS) is 14.7. The van der Waals surface area contributed by atoms with Crippen LogP contribution in [0.15, 0.2) is 26.2 Å². The lowest BCUT2D eigenvalue weighted by atomic mass is 9.99.